The second kappa shape index (κ2) is 46.8. The summed E-state index contributed by atoms with van der Waals surface area (Å²) in [6.45, 7) is 3.50. The lowest BCUT2D eigenvalue weighted by Crippen LogP contribution is -2.47. The molecule has 0 aliphatic heterocycles. The molecule has 0 aromatic rings. The van der Waals surface area contributed by atoms with E-state index in [-0.39, 0.29) is 24.5 Å². The molecule has 4 N–H and O–H groups in total. The van der Waals surface area contributed by atoms with E-state index in [0.29, 0.717) is 19.3 Å². The monoisotopic (exact) mass is 861 g/mol. The summed E-state index contributed by atoms with van der Waals surface area (Å²) in [7, 11) is 0. The fourth-order valence-electron chi connectivity index (χ4n) is 7.75. The zero-order valence-corrected chi connectivity index (χ0v) is 39.7. The second-order valence-electron chi connectivity index (χ2n) is 17.6. The third kappa shape index (κ3) is 43.8. The van der Waals surface area contributed by atoms with Crippen LogP contribution in [0.15, 0.2) is 24.3 Å². The highest BCUT2D eigenvalue weighted by molar-refractivity contribution is 5.87. The number of aliphatic hydroxyl groups is 1. The minimum absolute atomic E-state index is 0.0332. The number of carbonyl (C=O) groups is 4. The molecule has 0 saturated carbocycles. The number of amides is 2. The normalized spacial score (nSPS) is 12.6. The lowest BCUT2D eigenvalue weighted by molar-refractivity contribution is -0.150. The number of aliphatic carboxylic acids is 1. The van der Waals surface area contributed by atoms with Crippen molar-refractivity contribution in [2.45, 2.75) is 270 Å². The molecule has 0 fully saturated rings. The van der Waals surface area contributed by atoms with E-state index in [2.05, 4.69) is 48.8 Å². The summed E-state index contributed by atoms with van der Waals surface area (Å²) in [4.78, 5) is 47.8. The van der Waals surface area contributed by atoms with Crippen molar-refractivity contribution in [2.24, 2.45) is 0 Å². The number of carboxylic acid groups (broad SMARTS) is 1. The highest BCUT2D eigenvalue weighted by atomic mass is 16.5. The third-order valence-corrected chi connectivity index (χ3v) is 11.7. The van der Waals surface area contributed by atoms with Gasteiger partial charge >= 0.3 is 11.9 Å². The first-order valence-corrected chi connectivity index (χ1v) is 25.7. The van der Waals surface area contributed by atoms with Crippen LogP contribution < -0.4 is 10.6 Å². The zero-order chi connectivity index (χ0) is 44.7. The van der Waals surface area contributed by atoms with Crippen LogP contribution in [0, 0.1) is 0 Å². The van der Waals surface area contributed by atoms with Crippen molar-refractivity contribution in [1.82, 2.24) is 10.6 Å². The van der Waals surface area contributed by atoms with Crippen molar-refractivity contribution in [2.75, 3.05) is 13.2 Å². The minimum Gasteiger partial charge on any atom is -0.480 e. The van der Waals surface area contributed by atoms with Gasteiger partial charge in [0.2, 0.25) is 11.8 Å². The van der Waals surface area contributed by atoms with Crippen LogP contribution in [0.5, 0.6) is 0 Å². The summed E-state index contributed by atoms with van der Waals surface area (Å²) in [5.41, 5.74) is 0. The van der Waals surface area contributed by atoms with Crippen molar-refractivity contribution < 1.29 is 34.1 Å². The number of allylic oxidation sites excluding steroid dienone is 4. The molecule has 0 heterocycles. The molecule has 61 heavy (non-hydrogen) atoms. The molecule has 356 valence electrons. The molecule has 9 nitrogen and oxygen atoms in total. The molecule has 2 amide bonds. The number of rotatable bonds is 47. The van der Waals surface area contributed by atoms with Gasteiger partial charge in [0.25, 0.3) is 0 Å². The average Bonchev–Trinajstić information content (AvgIpc) is 3.25. The van der Waals surface area contributed by atoms with Crippen LogP contribution in [0.25, 0.3) is 0 Å². The Bertz CT molecular complexity index is 1080. The molecule has 0 aromatic heterocycles. The van der Waals surface area contributed by atoms with E-state index in [1.165, 1.54) is 141 Å². The summed E-state index contributed by atoms with van der Waals surface area (Å²) in [6, 6.07) is -1.38. The highest BCUT2D eigenvalue weighted by Crippen LogP contribution is 2.19. The molecule has 0 aliphatic carbocycles. The lowest BCUT2D eigenvalue weighted by atomic mass is 10.0. The van der Waals surface area contributed by atoms with E-state index in [1.807, 2.05) is 0 Å². The van der Waals surface area contributed by atoms with E-state index >= 15 is 0 Å². The van der Waals surface area contributed by atoms with E-state index in [9.17, 15) is 19.2 Å². The molecule has 0 aliphatic rings. The number of hydrogen-bond donors (Lipinski definition) is 4. The molecular weight excluding hydrogens is 765 g/mol. The number of esters is 1. The van der Waals surface area contributed by atoms with Crippen LogP contribution in [0.2, 0.25) is 0 Å². The van der Waals surface area contributed by atoms with Gasteiger partial charge in [0.1, 0.15) is 12.1 Å². The van der Waals surface area contributed by atoms with Gasteiger partial charge in [-0.2, -0.15) is 0 Å². The third-order valence-electron chi connectivity index (χ3n) is 11.7. The Morgan fingerprint density at radius 2 is 0.885 bits per heavy atom. The van der Waals surface area contributed by atoms with Gasteiger partial charge in [0.05, 0.1) is 13.2 Å². The topological polar surface area (TPSA) is 142 Å². The van der Waals surface area contributed by atoms with Gasteiger partial charge < -0.3 is 25.6 Å². The number of ether oxygens (including phenoxy) is 1. The number of aliphatic hydroxyl groups excluding tert-OH is 1. The summed E-state index contributed by atoms with van der Waals surface area (Å²) in [6.07, 6.45) is 53.5. The number of unbranched alkanes of at least 4 members (excludes halogenated alkanes) is 29. The summed E-state index contributed by atoms with van der Waals surface area (Å²) >= 11 is 0. The Balaban J connectivity index is 4.31. The standard InChI is InChI=1S/C52H96N2O7/c1-3-5-7-9-11-13-15-17-19-20-21-23-25-27-29-31-36-40-44-51(58)61-47(41-37-33-30-28-26-24-22-18-16-14-12-10-8-6-4-2)42-38-34-32-35-39-43-49(56)53-45-50(57)54-48(46-55)52(59)60/h16,18,24,26,47-48,55H,3-15,17,19-23,25,27-46H2,1-2H3,(H,53,56)(H,54,57)(H,59,60)/b18-16-,26-24-. The Morgan fingerprint density at radius 1 is 0.492 bits per heavy atom. The van der Waals surface area contributed by atoms with Crippen LogP contribution in [-0.4, -0.2) is 59.3 Å². The van der Waals surface area contributed by atoms with Crippen molar-refractivity contribution in [3.8, 4) is 0 Å². The zero-order valence-electron chi connectivity index (χ0n) is 39.7. The predicted octanol–water partition coefficient (Wildman–Crippen LogP) is 13.6. The van der Waals surface area contributed by atoms with Crippen LogP contribution in [0.4, 0.5) is 0 Å². The van der Waals surface area contributed by atoms with Gasteiger partial charge in [0.15, 0.2) is 0 Å². The lowest BCUT2D eigenvalue weighted by Gasteiger charge is -2.18. The Hall–Kier alpha value is -2.68. The fraction of sp³-hybridized carbons (Fsp3) is 0.846. The van der Waals surface area contributed by atoms with E-state index < -0.39 is 24.5 Å². The number of nitrogens with one attached hydrogen (secondary N) is 2. The Labute approximate surface area is 374 Å². The minimum atomic E-state index is -1.38. The maximum Gasteiger partial charge on any atom is 0.328 e. The molecule has 2 atom stereocenters. The first kappa shape index (κ1) is 58.3. The Morgan fingerprint density at radius 3 is 1.33 bits per heavy atom. The summed E-state index contributed by atoms with van der Waals surface area (Å²) < 4.78 is 6.06. The quantitative estimate of drug-likeness (QED) is 0.0271. The average molecular weight is 861 g/mol. The van der Waals surface area contributed by atoms with Gasteiger partial charge in [-0.3, -0.25) is 14.4 Å². The largest absolute Gasteiger partial charge is 0.480 e. The first-order chi connectivity index (χ1) is 29.8. The smallest absolute Gasteiger partial charge is 0.328 e. The molecule has 0 rings (SSSR count). The SMILES string of the molecule is CCCCCCC/C=C\C/C=C\CCCCCC(CCCCCCCC(=O)NCC(=O)NC(CO)C(=O)O)OC(=O)CCCCCCCCCCCCCCCCCCCC. The molecule has 9 heteroatoms. The molecular formula is C52H96N2O7. The van der Waals surface area contributed by atoms with Crippen molar-refractivity contribution in [3.05, 3.63) is 24.3 Å². The molecule has 0 aromatic carbocycles. The molecule has 2 unspecified atom stereocenters. The summed E-state index contributed by atoms with van der Waals surface area (Å²) in [5, 5.41) is 22.6. The Kier molecular flexibility index (Phi) is 44.8. The van der Waals surface area contributed by atoms with Crippen LogP contribution in [0.3, 0.4) is 0 Å². The fourth-order valence-corrected chi connectivity index (χ4v) is 7.75. The van der Waals surface area contributed by atoms with Crippen molar-refractivity contribution in [3.63, 3.8) is 0 Å². The van der Waals surface area contributed by atoms with E-state index in [0.717, 1.165) is 83.5 Å². The molecule has 0 spiro atoms. The molecule has 0 saturated heterocycles. The van der Waals surface area contributed by atoms with Gasteiger partial charge in [0, 0.05) is 12.8 Å². The van der Waals surface area contributed by atoms with Crippen molar-refractivity contribution in [1.29, 1.82) is 0 Å². The van der Waals surface area contributed by atoms with Crippen LogP contribution >= 0.6 is 0 Å². The molecule has 0 bridgehead atoms. The van der Waals surface area contributed by atoms with Gasteiger partial charge in [-0.1, -0.05) is 199 Å². The maximum atomic E-state index is 12.9. The van der Waals surface area contributed by atoms with Gasteiger partial charge in [-0.05, 0) is 70.6 Å². The van der Waals surface area contributed by atoms with Gasteiger partial charge in [-0.15, -0.1) is 0 Å². The second-order valence-corrected chi connectivity index (χ2v) is 17.6. The van der Waals surface area contributed by atoms with Crippen LogP contribution in [-0.2, 0) is 23.9 Å². The first-order valence-electron chi connectivity index (χ1n) is 25.7. The van der Waals surface area contributed by atoms with Crippen molar-refractivity contribution >= 4 is 23.8 Å². The maximum absolute atomic E-state index is 12.9. The number of carboxylic acids is 1. The van der Waals surface area contributed by atoms with E-state index in [1.54, 1.807) is 0 Å². The number of carbonyl (C=O) groups excluding carboxylic acids is 3. The molecule has 0 radical (unpaired) electrons. The number of hydrogen-bond acceptors (Lipinski definition) is 6. The highest BCUT2D eigenvalue weighted by Gasteiger charge is 2.19. The van der Waals surface area contributed by atoms with E-state index in [4.69, 9.17) is 14.9 Å². The predicted molar refractivity (Wildman–Crippen MR) is 255 cm³/mol. The van der Waals surface area contributed by atoms with Crippen LogP contribution in [0.1, 0.15) is 258 Å². The van der Waals surface area contributed by atoms with Gasteiger partial charge in [-0.25, -0.2) is 4.79 Å². The summed E-state index contributed by atoms with van der Waals surface area (Å²) in [5.74, 6) is -2.29.